The Hall–Kier alpha value is -1.16. The van der Waals surface area contributed by atoms with Crippen molar-refractivity contribution in [2.75, 3.05) is 6.61 Å². The topological polar surface area (TPSA) is 26.3 Å². The van der Waals surface area contributed by atoms with Crippen LogP contribution in [0.25, 0.3) is 0 Å². The summed E-state index contributed by atoms with van der Waals surface area (Å²) in [7, 11) is 0. The van der Waals surface area contributed by atoms with E-state index in [-0.39, 0.29) is 5.78 Å². The van der Waals surface area contributed by atoms with E-state index in [1.54, 1.807) is 12.1 Å². The molecular weight excluding hydrogens is 263 g/mol. The second-order valence-electron chi connectivity index (χ2n) is 3.19. The second kappa shape index (κ2) is 4.14. The van der Waals surface area contributed by atoms with Gasteiger partial charge < -0.3 is 4.74 Å². The first kappa shape index (κ1) is 10.4. The van der Waals surface area contributed by atoms with Gasteiger partial charge in [0.05, 0.1) is 6.61 Å². The molecular formula is C11H8BrFO2. The fourth-order valence-corrected chi connectivity index (χ4v) is 1.87. The average molecular weight is 271 g/mol. The van der Waals surface area contributed by atoms with Crippen LogP contribution in [0.1, 0.15) is 16.8 Å². The molecule has 1 aliphatic heterocycles. The van der Waals surface area contributed by atoms with E-state index in [0.29, 0.717) is 22.4 Å². The third-order valence-corrected chi connectivity index (χ3v) is 2.51. The number of ketones is 1. The highest BCUT2D eigenvalue weighted by Gasteiger charge is 2.17. The molecule has 0 saturated heterocycles. The lowest BCUT2D eigenvalue weighted by molar-refractivity contribution is 0.0942. The van der Waals surface area contributed by atoms with Crippen molar-refractivity contribution in [3.05, 3.63) is 45.9 Å². The Kier molecular flexibility index (Phi) is 2.86. The van der Waals surface area contributed by atoms with Crippen LogP contribution in [0.15, 0.2) is 34.5 Å². The molecule has 0 spiro atoms. The molecule has 1 aliphatic rings. The summed E-state index contributed by atoms with van der Waals surface area (Å²) in [6.07, 6.45) is 2.46. The lowest BCUT2D eigenvalue weighted by atomic mass is 10.1. The molecule has 1 aromatic carbocycles. The summed E-state index contributed by atoms with van der Waals surface area (Å²) >= 11 is 3.14. The van der Waals surface area contributed by atoms with Crippen LogP contribution < -0.4 is 0 Å². The minimum Gasteiger partial charge on any atom is -0.489 e. The van der Waals surface area contributed by atoms with Gasteiger partial charge in [0.15, 0.2) is 5.76 Å². The highest BCUT2D eigenvalue weighted by Crippen LogP contribution is 2.20. The van der Waals surface area contributed by atoms with E-state index in [1.807, 2.05) is 0 Å². The average Bonchev–Trinajstić information content (AvgIpc) is 2.67. The maximum Gasteiger partial charge on any atom is 0.227 e. The molecule has 4 heteroatoms. The molecule has 0 fully saturated rings. The Morgan fingerprint density at radius 2 is 2.20 bits per heavy atom. The zero-order valence-electron chi connectivity index (χ0n) is 7.80. The van der Waals surface area contributed by atoms with Crippen LogP contribution in [0, 0.1) is 5.82 Å². The number of carbonyl (C=O) groups excluding carboxylic acids is 1. The van der Waals surface area contributed by atoms with Crippen LogP contribution in [-0.4, -0.2) is 12.4 Å². The molecule has 0 aromatic heterocycles. The number of halogens is 2. The third-order valence-electron chi connectivity index (χ3n) is 2.05. The fourth-order valence-electron chi connectivity index (χ4n) is 1.40. The van der Waals surface area contributed by atoms with Gasteiger partial charge in [0.2, 0.25) is 5.78 Å². The van der Waals surface area contributed by atoms with Crippen LogP contribution in [0.4, 0.5) is 4.39 Å². The molecule has 0 radical (unpaired) electrons. The van der Waals surface area contributed by atoms with Crippen LogP contribution in [0.3, 0.4) is 0 Å². The summed E-state index contributed by atoms with van der Waals surface area (Å²) in [4.78, 5) is 11.8. The predicted octanol–water partition coefficient (Wildman–Crippen LogP) is 3.08. The van der Waals surface area contributed by atoms with E-state index in [2.05, 4.69) is 15.9 Å². The minimum absolute atomic E-state index is 0.271. The van der Waals surface area contributed by atoms with Gasteiger partial charge in [-0.2, -0.15) is 0 Å². The Morgan fingerprint density at radius 1 is 1.40 bits per heavy atom. The molecule has 0 aliphatic carbocycles. The van der Waals surface area contributed by atoms with Crippen molar-refractivity contribution in [3.8, 4) is 0 Å². The minimum atomic E-state index is -0.439. The monoisotopic (exact) mass is 270 g/mol. The van der Waals surface area contributed by atoms with E-state index < -0.39 is 5.82 Å². The Balaban J connectivity index is 2.32. The molecule has 2 rings (SSSR count). The van der Waals surface area contributed by atoms with E-state index in [4.69, 9.17) is 4.74 Å². The molecule has 78 valence electrons. The van der Waals surface area contributed by atoms with Gasteiger partial charge in [-0.05, 0) is 24.3 Å². The number of rotatable bonds is 2. The quantitative estimate of drug-likeness (QED) is 0.773. The Bertz CT molecular complexity index is 420. The van der Waals surface area contributed by atoms with Gasteiger partial charge in [-0.3, -0.25) is 4.79 Å². The molecule has 2 nitrogen and oxygen atoms in total. The van der Waals surface area contributed by atoms with E-state index in [9.17, 15) is 9.18 Å². The van der Waals surface area contributed by atoms with Gasteiger partial charge in [-0.1, -0.05) is 15.9 Å². The standard InChI is InChI=1S/C11H8BrFO2/c12-8-4-7(5-9(13)6-8)11(14)10-2-1-3-15-10/h2,4-6H,1,3H2. The Labute approximate surface area is 94.9 Å². The van der Waals surface area contributed by atoms with Gasteiger partial charge in [-0.25, -0.2) is 4.39 Å². The fraction of sp³-hybridized carbons (Fsp3) is 0.182. The molecule has 15 heavy (non-hydrogen) atoms. The van der Waals surface area contributed by atoms with Crippen molar-refractivity contribution in [2.24, 2.45) is 0 Å². The van der Waals surface area contributed by atoms with Gasteiger partial charge in [0, 0.05) is 16.5 Å². The zero-order chi connectivity index (χ0) is 10.8. The van der Waals surface area contributed by atoms with E-state index in [0.717, 1.165) is 6.42 Å². The molecule has 0 N–H and O–H groups in total. The summed E-state index contributed by atoms with van der Waals surface area (Å²) in [6.45, 7) is 0.525. The molecule has 0 amide bonds. The summed E-state index contributed by atoms with van der Waals surface area (Å²) in [5.74, 6) is -0.397. The van der Waals surface area contributed by atoms with Crippen LogP contribution >= 0.6 is 15.9 Å². The van der Waals surface area contributed by atoms with Crippen molar-refractivity contribution in [3.63, 3.8) is 0 Å². The largest absolute Gasteiger partial charge is 0.489 e. The SMILES string of the molecule is O=C(C1=CCCO1)c1cc(F)cc(Br)c1. The number of hydrogen-bond acceptors (Lipinski definition) is 2. The number of benzene rings is 1. The van der Waals surface area contributed by atoms with Crippen molar-refractivity contribution < 1.29 is 13.9 Å². The lowest BCUT2D eigenvalue weighted by Crippen LogP contribution is -2.04. The van der Waals surface area contributed by atoms with E-state index >= 15 is 0 Å². The maximum absolute atomic E-state index is 13.0. The highest BCUT2D eigenvalue weighted by molar-refractivity contribution is 9.10. The van der Waals surface area contributed by atoms with Crippen LogP contribution in [0.5, 0.6) is 0 Å². The first-order valence-corrected chi connectivity index (χ1v) is 5.30. The van der Waals surface area contributed by atoms with Gasteiger partial charge in [0.25, 0.3) is 0 Å². The summed E-state index contributed by atoms with van der Waals surface area (Å²) < 4.78 is 18.7. The summed E-state index contributed by atoms with van der Waals surface area (Å²) in [5, 5.41) is 0. The molecule has 1 aromatic rings. The van der Waals surface area contributed by atoms with Gasteiger partial charge in [-0.15, -0.1) is 0 Å². The summed E-state index contributed by atoms with van der Waals surface area (Å²) in [6, 6.07) is 4.09. The number of Topliss-reactive ketones (excluding diaryl/α,β-unsaturated/α-hetero) is 1. The van der Waals surface area contributed by atoms with Gasteiger partial charge in [0.1, 0.15) is 5.82 Å². The zero-order valence-corrected chi connectivity index (χ0v) is 9.38. The maximum atomic E-state index is 13.0. The smallest absolute Gasteiger partial charge is 0.227 e. The summed E-state index contributed by atoms with van der Waals surface area (Å²) in [5.41, 5.74) is 0.301. The first-order chi connectivity index (χ1) is 7.16. The predicted molar refractivity (Wildman–Crippen MR) is 57.1 cm³/mol. The Morgan fingerprint density at radius 3 is 2.80 bits per heavy atom. The number of carbonyl (C=O) groups is 1. The number of hydrogen-bond donors (Lipinski definition) is 0. The number of ether oxygens (including phenoxy) is 1. The highest BCUT2D eigenvalue weighted by atomic mass is 79.9. The molecule has 0 bridgehead atoms. The molecule has 1 heterocycles. The molecule has 0 atom stereocenters. The molecule has 0 unspecified atom stereocenters. The van der Waals surface area contributed by atoms with Crippen molar-refractivity contribution in [1.82, 2.24) is 0 Å². The van der Waals surface area contributed by atoms with Crippen molar-refractivity contribution in [2.45, 2.75) is 6.42 Å². The van der Waals surface area contributed by atoms with Crippen molar-refractivity contribution >= 4 is 21.7 Å². The van der Waals surface area contributed by atoms with Crippen LogP contribution in [0.2, 0.25) is 0 Å². The van der Waals surface area contributed by atoms with Gasteiger partial charge >= 0.3 is 0 Å². The van der Waals surface area contributed by atoms with Crippen molar-refractivity contribution in [1.29, 1.82) is 0 Å². The normalized spacial score (nSPS) is 14.7. The number of allylic oxidation sites excluding steroid dienone is 1. The van der Waals surface area contributed by atoms with Crippen LogP contribution in [-0.2, 0) is 4.74 Å². The van der Waals surface area contributed by atoms with E-state index in [1.165, 1.54) is 12.1 Å². The molecule has 0 saturated carbocycles. The lowest BCUT2D eigenvalue weighted by Gasteiger charge is -2.03. The second-order valence-corrected chi connectivity index (χ2v) is 4.11. The third kappa shape index (κ3) is 2.26. The first-order valence-electron chi connectivity index (χ1n) is 4.50.